The van der Waals surface area contributed by atoms with Gasteiger partial charge in [-0.05, 0) is 29.8 Å². The Hall–Kier alpha value is -2.74. The van der Waals surface area contributed by atoms with Gasteiger partial charge in [0.2, 0.25) is 6.79 Å². The standard InChI is InChI=1S/C18H16FNO5S/c19-13-3-1-2-4-16(13)26-10-18(22)23-9-17(21)20-8-12-5-6-14-15(7-12)25-11-24-14/h1-7H,8-11H2,(H,20,21). The Morgan fingerprint density at radius 3 is 2.81 bits per heavy atom. The first-order valence-corrected chi connectivity index (χ1v) is 8.78. The first kappa shape index (κ1) is 18.1. The number of amides is 1. The molecule has 0 saturated carbocycles. The molecule has 136 valence electrons. The fourth-order valence-corrected chi connectivity index (χ4v) is 2.93. The van der Waals surface area contributed by atoms with E-state index in [0.29, 0.717) is 16.4 Å². The van der Waals surface area contributed by atoms with Gasteiger partial charge in [0.05, 0.1) is 5.75 Å². The van der Waals surface area contributed by atoms with Crippen molar-refractivity contribution < 1.29 is 28.2 Å². The molecule has 0 bridgehead atoms. The number of carbonyl (C=O) groups excluding carboxylic acids is 2. The predicted molar refractivity (Wildman–Crippen MR) is 92.5 cm³/mol. The third kappa shape index (κ3) is 4.89. The largest absolute Gasteiger partial charge is 0.455 e. The number of hydrogen-bond acceptors (Lipinski definition) is 6. The van der Waals surface area contributed by atoms with Crippen molar-refractivity contribution in [1.82, 2.24) is 5.32 Å². The van der Waals surface area contributed by atoms with Gasteiger partial charge in [0.25, 0.3) is 5.91 Å². The molecule has 6 nitrogen and oxygen atoms in total. The van der Waals surface area contributed by atoms with Crippen molar-refractivity contribution in [1.29, 1.82) is 0 Å². The van der Waals surface area contributed by atoms with Gasteiger partial charge in [-0.3, -0.25) is 9.59 Å². The summed E-state index contributed by atoms with van der Waals surface area (Å²) in [5, 5.41) is 2.65. The first-order chi connectivity index (χ1) is 12.6. The number of carbonyl (C=O) groups is 2. The zero-order valence-corrected chi connectivity index (χ0v) is 14.5. The van der Waals surface area contributed by atoms with Gasteiger partial charge in [-0.15, -0.1) is 11.8 Å². The van der Waals surface area contributed by atoms with Crippen LogP contribution in [-0.4, -0.2) is 31.0 Å². The van der Waals surface area contributed by atoms with E-state index in [1.807, 2.05) is 6.07 Å². The number of nitrogens with one attached hydrogen (secondary N) is 1. The van der Waals surface area contributed by atoms with Crippen molar-refractivity contribution in [2.75, 3.05) is 19.2 Å². The molecule has 0 aliphatic carbocycles. The summed E-state index contributed by atoms with van der Waals surface area (Å²) >= 11 is 1.02. The highest BCUT2D eigenvalue weighted by molar-refractivity contribution is 8.00. The van der Waals surface area contributed by atoms with Crippen LogP contribution >= 0.6 is 11.8 Å². The second-order valence-corrected chi connectivity index (χ2v) is 6.36. The monoisotopic (exact) mass is 377 g/mol. The fraction of sp³-hybridized carbons (Fsp3) is 0.222. The van der Waals surface area contributed by atoms with Gasteiger partial charge in [-0.1, -0.05) is 18.2 Å². The molecule has 0 unspecified atom stereocenters. The second-order valence-electron chi connectivity index (χ2n) is 5.34. The van der Waals surface area contributed by atoms with Gasteiger partial charge < -0.3 is 19.5 Å². The normalized spacial score (nSPS) is 11.9. The molecule has 0 fully saturated rings. The number of halogens is 1. The SMILES string of the molecule is O=C(COC(=O)CSc1ccccc1F)NCc1ccc2c(c1)OCO2. The van der Waals surface area contributed by atoms with E-state index >= 15 is 0 Å². The van der Waals surface area contributed by atoms with E-state index in [0.717, 1.165) is 17.3 Å². The number of thioether (sulfide) groups is 1. The van der Waals surface area contributed by atoms with Crippen LogP contribution in [0, 0.1) is 5.82 Å². The Balaban J connectivity index is 1.37. The van der Waals surface area contributed by atoms with E-state index in [1.165, 1.54) is 6.07 Å². The lowest BCUT2D eigenvalue weighted by atomic mass is 10.2. The van der Waals surface area contributed by atoms with E-state index < -0.39 is 17.7 Å². The molecule has 0 saturated heterocycles. The topological polar surface area (TPSA) is 73.9 Å². The quantitative estimate of drug-likeness (QED) is 0.590. The van der Waals surface area contributed by atoms with Crippen LogP contribution in [0.2, 0.25) is 0 Å². The van der Waals surface area contributed by atoms with Gasteiger partial charge in [0.1, 0.15) is 5.82 Å². The highest BCUT2D eigenvalue weighted by atomic mass is 32.2. The average Bonchev–Trinajstić information content (AvgIpc) is 3.12. The van der Waals surface area contributed by atoms with Crippen LogP contribution in [0.1, 0.15) is 5.56 Å². The molecular formula is C18H16FNO5S. The van der Waals surface area contributed by atoms with Crippen molar-refractivity contribution >= 4 is 23.6 Å². The van der Waals surface area contributed by atoms with Gasteiger partial charge in [-0.2, -0.15) is 0 Å². The molecule has 3 rings (SSSR count). The van der Waals surface area contributed by atoms with E-state index in [2.05, 4.69) is 5.32 Å². The number of ether oxygens (including phenoxy) is 3. The maximum absolute atomic E-state index is 13.4. The summed E-state index contributed by atoms with van der Waals surface area (Å²) in [4.78, 5) is 23.8. The minimum atomic E-state index is -0.587. The van der Waals surface area contributed by atoms with E-state index in [9.17, 15) is 14.0 Å². The van der Waals surface area contributed by atoms with E-state index in [4.69, 9.17) is 14.2 Å². The van der Waals surface area contributed by atoms with Gasteiger partial charge >= 0.3 is 5.97 Å². The van der Waals surface area contributed by atoms with Crippen LogP contribution in [0.3, 0.4) is 0 Å². The lowest BCUT2D eigenvalue weighted by Gasteiger charge is -2.07. The first-order valence-electron chi connectivity index (χ1n) is 7.80. The Labute approximate surface area is 153 Å². The summed E-state index contributed by atoms with van der Waals surface area (Å²) in [5.74, 6) is -0.180. The van der Waals surface area contributed by atoms with Crippen LogP contribution < -0.4 is 14.8 Å². The number of hydrogen-bond donors (Lipinski definition) is 1. The van der Waals surface area contributed by atoms with Gasteiger partial charge in [-0.25, -0.2) is 4.39 Å². The zero-order chi connectivity index (χ0) is 18.4. The molecule has 8 heteroatoms. The zero-order valence-electron chi connectivity index (χ0n) is 13.7. The number of esters is 1. The van der Waals surface area contributed by atoms with Crippen molar-refractivity contribution in [2.45, 2.75) is 11.4 Å². The maximum atomic E-state index is 13.4. The minimum Gasteiger partial charge on any atom is -0.455 e. The highest BCUT2D eigenvalue weighted by Crippen LogP contribution is 2.32. The molecule has 1 amide bonds. The summed E-state index contributed by atoms with van der Waals surface area (Å²) in [6, 6.07) is 11.5. The summed E-state index contributed by atoms with van der Waals surface area (Å²) in [6.45, 7) is 0.0736. The molecule has 0 aromatic heterocycles. The molecule has 26 heavy (non-hydrogen) atoms. The maximum Gasteiger partial charge on any atom is 0.316 e. The molecular weight excluding hydrogens is 361 g/mol. The second kappa shape index (κ2) is 8.57. The average molecular weight is 377 g/mol. The summed E-state index contributed by atoms with van der Waals surface area (Å²) < 4.78 is 28.8. The molecule has 1 heterocycles. The van der Waals surface area contributed by atoms with Gasteiger partial charge in [0.15, 0.2) is 18.1 Å². The number of benzene rings is 2. The van der Waals surface area contributed by atoms with Crippen LogP contribution in [0.4, 0.5) is 4.39 Å². The molecule has 0 spiro atoms. The molecule has 0 radical (unpaired) electrons. The van der Waals surface area contributed by atoms with Crippen molar-refractivity contribution in [3.63, 3.8) is 0 Å². The van der Waals surface area contributed by atoms with E-state index in [-0.39, 0.29) is 25.7 Å². The third-order valence-corrected chi connectivity index (χ3v) is 4.50. The summed E-state index contributed by atoms with van der Waals surface area (Å²) in [6.07, 6.45) is 0. The molecule has 0 atom stereocenters. The van der Waals surface area contributed by atoms with Crippen molar-refractivity contribution in [3.8, 4) is 11.5 Å². The lowest BCUT2D eigenvalue weighted by Crippen LogP contribution is -2.28. The minimum absolute atomic E-state index is 0.0730. The molecule has 2 aromatic carbocycles. The number of rotatable bonds is 7. The predicted octanol–water partition coefficient (Wildman–Crippen LogP) is 2.51. The van der Waals surface area contributed by atoms with Crippen LogP contribution in [0.15, 0.2) is 47.4 Å². The smallest absolute Gasteiger partial charge is 0.316 e. The number of fused-ring (bicyclic) bond motifs is 1. The van der Waals surface area contributed by atoms with Crippen molar-refractivity contribution in [3.05, 3.63) is 53.8 Å². The van der Waals surface area contributed by atoms with Crippen molar-refractivity contribution in [2.24, 2.45) is 0 Å². The summed E-state index contributed by atoms with van der Waals surface area (Å²) in [7, 11) is 0. The summed E-state index contributed by atoms with van der Waals surface area (Å²) in [5.41, 5.74) is 0.837. The highest BCUT2D eigenvalue weighted by Gasteiger charge is 2.14. The van der Waals surface area contributed by atoms with Gasteiger partial charge in [0, 0.05) is 11.4 Å². The molecule has 1 N–H and O–H groups in total. The van der Waals surface area contributed by atoms with Crippen LogP contribution in [0.5, 0.6) is 11.5 Å². The fourth-order valence-electron chi connectivity index (χ4n) is 2.19. The Kier molecular flexibility index (Phi) is 5.96. The van der Waals surface area contributed by atoms with Crippen LogP contribution in [0.25, 0.3) is 0 Å². The molecule has 1 aliphatic rings. The Morgan fingerprint density at radius 2 is 1.96 bits per heavy atom. The Morgan fingerprint density at radius 1 is 1.15 bits per heavy atom. The molecule has 2 aromatic rings. The third-order valence-electron chi connectivity index (χ3n) is 3.47. The van der Waals surface area contributed by atoms with Crippen LogP contribution in [-0.2, 0) is 20.9 Å². The Bertz CT molecular complexity index is 814. The molecule has 1 aliphatic heterocycles. The van der Waals surface area contributed by atoms with E-state index in [1.54, 1.807) is 30.3 Å². The lowest BCUT2D eigenvalue weighted by molar-refractivity contribution is -0.145.